The fraction of sp³-hybridized carbons (Fsp3) is 0.400. The highest BCUT2D eigenvalue weighted by molar-refractivity contribution is 5.92. The summed E-state index contributed by atoms with van der Waals surface area (Å²) < 4.78 is 6.73. The van der Waals surface area contributed by atoms with Gasteiger partial charge in [0.15, 0.2) is 5.60 Å². The van der Waals surface area contributed by atoms with Gasteiger partial charge < -0.3 is 24.4 Å². The van der Waals surface area contributed by atoms with Gasteiger partial charge in [-0.05, 0) is 50.7 Å². The smallest absolute Gasteiger partial charge is 0.343 e. The average Bonchev–Trinajstić information content (AvgIpc) is 3.15. The lowest BCUT2D eigenvalue weighted by molar-refractivity contribution is -0.172. The van der Waals surface area contributed by atoms with Crippen molar-refractivity contribution in [3.63, 3.8) is 0 Å². The van der Waals surface area contributed by atoms with Gasteiger partial charge in [0.1, 0.15) is 12.4 Å². The zero-order valence-corrected chi connectivity index (χ0v) is 19.2. The van der Waals surface area contributed by atoms with E-state index >= 15 is 0 Å². The minimum atomic E-state index is -1.85. The SMILES string of the molecule is CCc1cc(CN(C)C)c(O)c2cc3c(nc12)-c1cc2c(c(=O)n1C3)COC(=O)[C@]2(O)CC. The standard InChI is InChI=1S/C25H27N3O5/c1-5-13-7-15(10-27(3)4)22(29)16-8-14-11-28-19(21(14)26-20(13)16)9-18-17(23(28)30)12-33-24(31)25(18,32)6-2/h7-9,29,32H,5-6,10-12H2,1-4H3/t25-/m0/s1. The number of rotatable bonds is 4. The first-order valence-electron chi connectivity index (χ1n) is 11.2. The van der Waals surface area contributed by atoms with Gasteiger partial charge in [0, 0.05) is 28.6 Å². The molecular weight excluding hydrogens is 422 g/mol. The predicted molar refractivity (Wildman–Crippen MR) is 123 cm³/mol. The molecule has 1 aromatic carbocycles. The Morgan fingerprint density at radius 1 is 1.18 bits per heavy atom. The number of hydrogen-bond donors (Lipinski definition) is 2. The van der Waals surface area contributed by atoms with Gasteiger partial charge in [-0.1, -0.05) is 13.8 Å². The fourth-order valence-corrected chi connectivity index (χ4v) is 5.00. The minimum Gasteiger partial charge on any atom is -0.507 e. The molecule has 172 valence electrons. The third kappa shape index (κ3) is 3.01. The van der Waals surface area contributed by atoms with Gasteiger partial charge in [0.25, 0.3) is 5.56 Å². The fourth-order valence-electron chi connectivity index (χ4n) is 5.00. The van der Waals surface area contributed by atoms with E-state index in [9.17, 15) is 19.8 Å². The van der Waals surface area contributed by atoms with Gasteiger partial charge in [-0.3, -0.25) is 4.79 Å². The van der Waals surface area contributed by atoms with Crippen molar-refractivity contribution in [1.82, 2.24) is 14.5 Å². The molecule has 8 heteroatoms. The molecule has 1 atom stereocenters. The van der Waals surface area contributed by atoms with Crippen molar-refractivity contribution in [3.8, 4) is 17.1 Å². The lowest BCUT2D eigenvalue weighted by Crippen LogP contribution is -2.44. The molecule has 33 heavy (non-hydrogen) atoms. The van der Waals surface area contributed by atoms with E-state index in [2.05, 4.69) is 0 Å². The van der Waals surface area contributed by atoms with Crippen LogP contribution in [0.15, 0.2) is 23.0 Å². The highest BCUT2D eigenvalue weighted by Crippen LogP contribution is 2.41. The molecule has 3 aromatic rings. The largest absolute Gasteiger partial charge is 0.507 e. The Labute approximate surface area is 191 Å². The number of pyridine rings is 2. The van der Waals surface area contributed by atoms with Crippen LogP contribution in [-0.2, 0) is 41.2 Å². The number of ether oxygens (including phenoxy) is 1. The normalized spacial score (nSPS) is 18.9. The number of phenolic OH excluding ortho intramolecular Hbond substituents is 1. The molecule has 4 heterocycles. The van der Waals surface area contributed by atoms with Crippen molar-refractivity contribution in [1.29, 1.82) is 0 Å². The van der Waals surface area contributed by atoms with Crippen LogP contribution in [0.4, 0.5) is 0 Å². The summed E-state index contributed by atoms with van der Waals surface area (Å²) in [4.78, 5) is 32.6. The molecule has 2 aliphatic heterocycles. The molecule has 5 rings (SSSR count). The Hall–Kier alpha value is -3.23. The molecule has 0 aliphatic carbocycles. The molecule has 0 fully saturated rings. The van der Waals surface area contributed by atoms with Crippen LogP contribution < -0.4 is 5.56 Å². The number of fused-ring (bicyclic) bond motifs is 5. The molecule has 2 aromatic heterocycles. The van der Waals surface area contributed by atoms with Crippen molar-refractivity contribution >= 4 is 16.9 Å². The summed E-state index contributed by atoms with van der Waals surface area (Å²) in [6.45, 7) is 4.47. The van der Waals surface area contributed by atoms with E-state index in [1.54, 1.807) is 17.6 Å². The molecule has 0 amide bonds. The average molecular weight is 450 g/mol. The van der Waals surface area contributed by atoms with Gasteiger partial charge in [-0.2, -0.15) is 0 Å². The Bertz CT molecular complexity index is 1390. The molecule has 0 saturated heterocycles. The predicted octanol–water partition coefficient (Wildman–Crippen LogP) is 2.41. The number of phenols is 1. The number of aromatic nitrogens is 2. The topological polar surface area (TPSA) is 105 Å². The summed E-state index contributed by atoms with van der Waals surface area (Å²) in [5, 5.41) is 22.7. The summed E-state index contributed by atoms with van der Waals surface area (Å²) in [5.41, 5.74) is 3.00. The van der Waals surface area contributed by atoms with Crippen molar-refractivity contribution < 1.29 is 19.7 Å². The lowest BCUT2D eigenvalue weighted by atomic mass is 9.86. The Balaban J connectivity index is 1.76. The summed E-state index contributed by atoms with van der Waals surface area (Å²) in [5.74, 6) is -0.536. The maximum absolute atomic E-state index is 13.3. The second kappa shape index (κ2) is 7.40. The first kappa shape index (κ1) is 21.6. The third-order valence-electron chi connectivity index (χ3n) is 6.79. The van der Waals surface area contributed by atoms with Crippen LogP contribution in [0.5, 0.6) is 5.75 Å². The maximum atomic E-state index is 13.3. The Morgan fingerprint density at radius 3 is 2.61 bits per heavy atom. The molecule has 8 nitrogen and oxygen atoms in total. The lowest BCUT2D eigenvalue weighted by Gasteiger charge is -2.31. The van der Waals surface area contributed by atoms with Crippen molar-refractivity contribution in [2.45, 2.75) is 52.0 Å². The van der Waals surface area contributed by atoms with Gasteiger partial charge in [0.2, 0.25) is 0 Å². The number of hydrogen-bond acceptors (Lipinski definition) is 7. The number of carbonyl (C=O) groups excluding carboxylic acids is 1. The zero-order chi connectivity index (χ0) is 23.7. The minimum absolute atomic E-state index is 0.0994. The van der Waals surface area contributed by atoms with Crippen LogP contribution >= 0.6 is 0 Å². The molecular formula is C25H27N3O5. The van der Waals surface area contributed by atoms with E-state index < -0.39 is 11.6 Å². The summed E-state index contributed by atoms with van der Waals surface area (Å²) in [6, 6.07) is 5.60. The number of nitrogens with zero attached hydrogens (tertiary/aromatic N) is 3. The number of esters is 1. The molecule has 0 bridgehead atoms. The molecule has 0 radical (unpaired) electrons. The number of benzene rings is 1. The van der Waals surface area contributed by atoms with E-state index in [-0.39, 0.29) is 24.3 Å². The van der Waals surface area contributed by atoms with E-state index in [1.165, 1.54) is 0 Å². The second-order valence-electron chi connectivity index (χ2n) is 9.13. The zero-order valence-electron chi connectivity index (χ0n) is 19.2. The van der Waals surface area contributed by atoms with Crippen LogP contribution in [0.2, 0.25) is 0 Å². The van der Waals surface area contributed by atoms with Crippen molar-refractivity contribution in [2.75, 3.05) is 14.1 Å². The van der Waals surface area contributed by atoms with Gasteiger partial charge in [-0.15, -0.1) is 0 Å². The molecule has 0 unspecified atom stereocenters. The van der Waals surface area contributed by atoms with Crippen molar-refractivity contribution in [2.24, 2.45) is 0 Å². The number of aromatic hydroxyl groups is 1. The maximum Gasteiger partial charge on any atom is 0.343 e. The van der Waals surface area contributed by atoms with E-state index in [0.29, 0.717) is 46.5 Å². The summed E-state index contributed by atoms with van der Waals surface area (Å²) >= 11 is 0. The molecule has 0 spiro atoms. The van der Waals surface area contributed by atoms with Crippen molar-refractivity contribution in [3.05, 3.63) is 56.4 Å². The number of cyclic esters (lactones) is 1. The van der Waals surface area contributed by atoms with Crippen LogP contribution in [0.1, 0.15) is 48.1 Å². The van der Waals surface area contributed by atoms with Gasteiger partial charge in [-0.25, -0.2) is 9.78 Å². The molecule has 2 N–H and O–H groups in total. The van der Waals surface area contributed by atoms with Gasteiger partial charge in [0.05, 0.1) is 29.0 Å². The van der Waals surface area contributed by atoms with Crippen LogP contribution in [0, 0.1) is 0 Å². The van der Waals surface area contributed by atoms with E-state index in [0.717, 1.165) is 23.1 Å². The summed E-state index contributed by atoms with van der Waals surface area (Å²) in [6.07, 6.45) is 0.837. The van der Waals surface area contributed by atoms with E-state index in [1.807, 2.05) is 38.1 Å². The third-order valence-corrected chi connectivity index (χ3v) is 6.79. The molecule has 0 saturated carbocycles. The monoisotopic (exact) mass is 449 g/mol. The van der Waals surface area contributed by atoms with Crippen LogP contribution in [-0.4, -0.2) is 44.7 Å². The highest BCUT2D eigenvalue weighted by Gasteiger charge is 2.45. The quantitative estimate of drug-likeness (QED) is 0.461. The highest BCUT2D eigenvalue weighted by atomic mass is 16.6. The number of aliphatic hydroxyl groups is 1. The molecule has 2 aliphatic rings. The summed E-state index contributed by atoms with van der Waals surface area (Å²) in [7, 11) is 3.90. The Kier molecular flexibility index (Phi) is 4.84. The second-order valence-corrected chi connectivity index (χ2v) is 9.13. The first-order valence-corrected chi connectivity index (χ1v) is 11.2. The van der Waals surface area contributed by atoms with E-state index in [4.69, 9.17) is 9.72 Å². The Morgan fingerprint density at radius 2 is 1.94 bits per heavy atom. The number of aryl methyl sites for hydroxylation is 1. The van der Waals surface area contributed by atoms with Gasteiger partial charge >= 0.3 is 5.97 Å². The first-order chi connectivity index (χ1) is 15.7. The number of carbonyl (C=O) groups is 1. The van der Waals surface area contributed by atoms with Crippen LogP contribution in [0.25, 0.3) is 22.3 Å². The van der Waals surface area contributed by atoms with Crippen LogP contribution in [0.3, 0.4) is 0 Å².